The van der Waals surface area contributed by atoms with Crippen molar-refractivity contribution >= 4 is 17.9 Å². The number of hydrogen-bond acceptors (Lipinski definition) is 7. The lowest BCUT2D eigenvalue weighted by atomic mass is 10.1. The smallest absolute Gasteiger partial charge is 0.310 e. The molecule has 0 saturated heterocycles. The van der Waals surface area contributed by atoms with Gasteiger partial charge in [0.2, 0.25) is 0 Å². The van der Waals surface area contributed by atoms with E-state index in [0.29, 0.717) is 12.8 Å². The summed E-state index contributed by atoms with van der Waals surface area (Å²) in [6.45, 7) is 4.19. The van der Waals surface area contributed by atoms with E-state index in [1.54, 1.807) is 27.2 Å². The molecular formula is C36H57NO7. The Morgan fingerprint density at radius 2 is 1.23 bits per heavy atom. The minimum Gasteiger partial charge on any atom is -0.544 e. The minimum absolute atomic E-state index is 0.0157. The van der Waals surface area contributed by atoms with Gasteiger partial charge in [-0.25, -0.2) is 0 Å². The first-order valence-corrected chi connectivity index (χ1v) is 16.0. The molecule has 0 aliphatic carbocycles. The predicted octanol–water partition coefficient (Wildman–Crippen LogP) is 5.95. The summed E-state index contributed by atoms with van der Waals surface area (Å²) >= 11 is 0. The lowest BCUT2D eigenvalue weighted by molar-refractivity contribution is -0.889. The van der Waals surface area contributed by atoms with E-state index in [9.17, 15) is 19.5 Å². The van der Waals surface area contributed by atoms with E-state index >= 15 is 0 Å². The van der Waals surface area contributed by atoms with E-state index in [1.165, 1.54) is 0 Å². The van der Waals surface area contributed by atoms with Crippen molar-refractivity contribution in [1.82, 2.24) is 0 Å². The van der Waals surface area contributed by atoms with Crippen LogP contribution in [0.25, 0.3) is 0 Å². The number of esters is 2. The van der Waals surface area contributed by atoms with Crippen molar-refractivity contribution in [3.8, 4) is 0 Å². The fourth-order valence-electron chi connectivity index (χ4n) is 3.92. The molecule has 8 heteroatoms. The van der Waals surface area contributed by atoms with E-state index in [2.05, 4.69) is 68.5 Å². The average molecular weight is 616 g/mol. The molecule has 0 amide bonds. The maximum Gasteiger partial charge on any atom is 0.310 e. The minimum atomic E-state index is -1.15. The highest BCUT2D eigenvalue weighted by atomic mass is 16.6. The van der Waals surface area contributed by atoms with Crippen LogP contribution in [0.3, 0.4) is 0 Å². The summed E-state index contributed by atoms with van der Waals surface area (Å²) in [5.74, 6) is -1.98. The van der Waals surface area contributed by atoms with Gasteiger partial charge in [-0.1, -0.05) is 86.8 Å². The van der Waals surface area contributed by atoms with Crippen molar-refractivity contribution in [1.29, 1.82) is 0 Å². The van der Waals surface area contributed by atoms with Crippen LogP contribution in [0.15, 0.2) is 72.9 Å². The molecule has 0 aromatic rings. The molecule has 8 nitrogen and oxygen atoms in total. The average Bonchev–Trinajstić information content (AvgIpc) is 2.96. The number of carbonyl (C=O) groups excluding carboxylic acids is 3. The lowest BCUT2D eigenvalue weighted by Gasteiger charge is -2.34. The molecule has 0 aromatic heterocycles. The topological polar surface area (TPSA) is 102 Å². The molecule has 0 bridgehead atoms. The molecule has 2 atom stereocenters. The van der Waals surface area contributed by atoms with Crippen LogP contribution in [-0.2, 0) is 28.6 Å². The first kappa shape index (κ1) is 40.8. The monoisotopic (exact) mass is 615 g/mol. The van der Waals surface area contributed by atoms with E-state index in [-0.39, 0.29) is 49.5 Å². The molecule has 0 N–H and O–H groups in total. The zero-order valence-corrected chi connectivity index (χ0v) is 27.8. The maximum atomic E-state index is 12.5. The van der Waals surface area contributed by atoms with Gasteiger partial charge in [0.25, 0.3) is 0 Å². The largest absolute Gasteiger partial charge is 0.544 e. The molecule has 0 saturated carbocycles. The third kappa shape index (κ3) is 25.3. The Hall–Kier alpha value is -3.23. The van der Waals surface area contributed by atoms with Crippen LogP contribution in [0, 0.1) is 0 Å². The molecule has 0 aliphatic heterocycles. The van der Waals surface area contributed by atoms with Gasteiger partial charge in [-0.15, -0.1) is 0 Å². The molecule has 0 aromatic carbocycles. The second-order valence-electron chi connectivity index (χ2n) is 11.3. The van der Waals surface area contributed by atoms with Crippen molar-refractivity contribution in [2.75, 3.05) is 41.0 Å². The van der Waals surface area contributed by atoms with Crippen LogP contribution in [0.5, 0.6) is 0 Å². The summed E-state index contributed by atoms with van der Waals surface area (Å²) < 4.78 is 16.8. The second kappa shape index (κ2) is 27.3. The fraction of sp³-hybridized carbons (Fsp3) is 0.583. The summed E-state index contributed by atoms with van der Waals surface area (Å²) in [6, 6.07) is -0.747. The fourth-order valence-corrected chi connectivity index (χ4v) is 3.92. The summed E-state index contributed by atoms with van der Waals surface area (Å²) in [7, 11) is 5.33. The SMILES string of the molecule is CC/C=C/C/C=C/C/C=C/CCCC(=O)OCC(COCCC(C(=O)[O-])[N+](C)(C)C)OC(=O)C/C=C/C/C=C/C/C=C/CC. The Balaban J connectivity index is 4.71. The number of hydrogen-bond donors (Lipinski definition) is 0. The summed E-state index contributed by atoms with van der Waals surface area (Å²) in [4.78, 5) is 36.3. The standard InChI is InChI=1S/C36H57NO7/c1-6-8-10-12-14-16-17-19-20-22-24-26-34(38)43-31-32(30-42-29-28-33(36(40)41)37(3,4)5)44-35(39)27-25-23-21-18-15-13-11-9-7-2/h8-11,14-16,18-20,23,25,32-33H,6-7,12-13,17,21-22,24,26-31H2,1-5H3/b10-8+,11-9+,16-14+,18-15+,20-19+,25-23+. The third-order valence-corrected chi connectivity index (χ3v) is 6.37. The molecule has 248 valence electrons. The highest BCUT2D eigenvalue weighted by molar-refractivity contribution is 5.71. The zero-order chi connectivity index (χ0) is 32.9. The Bertz CT molecular complexity index is 954. The first-order valence-electron chi connectivity index (χ1n) is 16.0. The molecule has 0 radical (unpaired) electrons. The molecule has 0 heterocycles. The third-order valence-electron chi connectivity index (χ3n) is 6.37. The number of unbranched alkanes of at least 4 members (excludes halogenated alkanes) is 1. The van der Waals surface area contributed by atoms with Crippen molar-refractivity contribution in [3.05, 3.63) is 72.9 Å². The molecule has 0 rings (SSSR count). The summed E-state index contributed by atoms with van der Waals surface area (Å²) in [5.41, 5.74) is 0. The molecule has 44 heavy (non-hydrogen) atoms. The highest BCUT2D eigenvalue weighted by Crippen LogP contribution is 2.09. The number of aliphatic carboxylic acids is 1. The number of quaternary nitrogens is 1. The molecule has 0 aliphatic rings. The second-order valence-corrected chi connectivity index (χ2v) is 11.3. The molecule has 0 fully saturated rings. The number of carboxylic acids is 1. The summed E-state index contributed by atoms with van der Waals surface area (Å²) in [5, 5.41) is 11.5. The molecule has 2 unspecified atom stereocenters. The number of likely N-dealkylation sites (N-methyl/N-ethyl adjacent to an activating group) is 1. The van der Waals surface area contributed by atoms with E-state index in [0.717, 1.165) is 38.5 Å². The van der Waals surface area contributed by atoms with Gasteiger partial charge in [0.1, 0.15) is 12.6 Å². The zero-order valence-electron chi connectivity index (χ0n) is 27.8. The number of rotatable bonds is 26. The van der Waals surface area contributed by atoms with E-state index in [4.69, 9.17) is 14.2 Å². The normalized spacial score (nSPS) is 14.1. The number of allylic oxidation sites excluding steroid dienone is 11. The maximum absolute atomic E-state index is 12.5. The van der Waals surface area contributed by atoms with Gasteiger partial charge >= 0.3 is 11.9 Å². The Morgan fingerprint density at radius 1 is 0.705 bits per heavy atom. The van der Waals surface area contributed by atoms with Crippen LogP contribution in [0.2, 0.25) is 0 Å². The number of carboxylic acid groups (broad SMARTS) is 1. The van der Waals surface area contributed by atoms with Gasteiger partial charge < -0.3 is 28.6 Å². The van der Waals surface area contributed by atoms with Gasteiger partial charge in [0, 0.05) is 12.8 Å². The van der Waals surface area contributed by atoms with Crippen molar-refractivity contribution in [2.24, 2.45) is 0 Å². The van der Waals surface area contributed by atoms with Crippen LogP contribution in [0.4, 0.5) is 0 Å². The van der Waals surface area contributed by atoms with Crippen LogP contribution in [-0.4, -0.2) is 75.5 Å². The van der Waals surface area contributed by atoms with Crippen LogP contribution >= 0.6 is 0 Å². The van der Waals surface area contributed by atoms with Crippen molar-refractivity contribution in [2.45, 2.75) is 96.6 Å². The lowest BCUT2D eigenvalue weighted by Crippen LogP contribution is -2.55. The van der Waals surface area contributed by atoms with E-state index < -0.39 is 24.1 Å². The van der Waals surface area contributed by atoms with Gasteiger partial charge in [-0.05, 0) is 51.4 Å². The highest BCUT2D eigenvalue weighted by Gasteiger charge is 2.25. The van der Waals surface area contributed by atoms with Gasteiger partial charge in [0.15, 0.2) is 6.10 Å². The number of ether oxygens (including phenoxy) is 3. The predicted molar refractivity (Wildman–Crippen MR) is 175 cm³/mol. The molecular weight excluding hydrogens is 558 g/mol. The Kier molecular flexibility index (Phi) is 25.3. The summed E-state index contributed by atoms with van der Waals surface area (Å²) in [6.07, 6.45) is 31.3. The Labute approximate surface area is 266 Å². The quantitative estimate of drug-likeness (QED) is 0.0513. The number of carbonyl (C=O) groups is 3. The van der Waals surface area contributed by atoms with Crippen LogP contribution in [0.1, 0.15) is 84.5 Å². The van der Waals surface area contributed by atoms with Crippen molar-refractivity contribution in [3.63, 3.8) is 0 Å². The van der Waals surface area contributed by atoms with Gasteiger partial charge in [-0.2, -0.15) is 0 Å². The number of nitrogens with zero attached hydrogens (tertiary/aromatic N) is 1. The van der Waals surface area contributed by atoms with Gasteiger partial charge in [0.05, 0.1) is 46.7 Å². The van der Waals surface area contributed by atoms with E-state index in [1.807, 2.05) is 12.2 Å². The van der Waals surface area contributed by atoms with Gasteiger partial charge in [-0.3, -0.25) is 9.59 Å². The van der Waals surface area contributed by atoms with Crippen LogP contribution < -0.4 is 5.11 Å². The van der Waals surface area contributed by atoms with Crippen molar-refractivity contribution < 1.29 is 38.2 Å². The Morgan fingerprint density at radius 3 is 1.75 bits per heavy atom. The molecule has 0 spiro atoms. The first-order chi connectivity index (χ1) is 21.1.